The van der Waals surface area contributed by atoms with Gasteiger partial charge in [0, 0.05) is 49.4 Å². The number of rotatable bonds is 5. The van der Waals surface area contributed by atoms with Crippen molar-refractivity contribution in [1.82, 2.24) is 25.1 Å². The second-order valence-corrected chi connectivity index (χ2v) is 10.5. The summed E-state index contributed by atoms with van der Waals surface area (Å²) in [7, 11) is 0. The van der Waals surface area contributed by atoms with E-state index in [1.165, 1.54) is 0 Å². The molecular weight excluding hydrogens is 494 g/mol. The van der Waals surface area contributed by atoms with Gasteiger partial charge in [-0.25, -0.2) is 4.98 Å². The van der Waals surface area contributed by atoms with Crippen LogP contribution in [0.15, 0.2) is 30.6 Å². The Morgan fingerprint density at radius 2 is 2.00 bits per heavy atom. The van der Waals surface area contributed by atoms with Gasteiger partial charge in [-0.2, -0.15) is 0 Å². The van der Waals surface area contributed by atoms with Crippen molar-refractivity contribution in [3.63, 3.8) is 0 Å². The third-order valence-corrected chi connectivity index (χ3v) is 6.65. The molecule has 2 aromatic rings. The van der Waals surface area contributed by atoms with Gasteiger partial charge in [-0.3, -0.25) is 14.4 Å². The number of nitrogens with one attached hydrogen (secondary N) is 2. The maximum absolute atomic E-state index is 13.2. The van der Waals surface area contributed by atoms with E-state index in [1.54, 1.807) is 29.3 Å². The quantitative estimate of drug-likeness (QED) is 0.613. The predicted octanol–water partition coefficient (Wildman–Crippen LogP) is 3.62. The lowest BCUT2D eigenvalue weighted by atomic mass is 10.1. The van der Waals surface area contributed by atoms with E-state index in [4.69, 9.17) is 16.3 Å². The SMILES string of the molecule is CC(C)c1nccn1CCC(=O)N1CCCCNC(=O)c2cc(Cl)ccc2OC[C@H](C(C)C)NC(=O)C1. The summed E-state index contributed by atoms with van der Waals surface area (Å²) in [5, 5.41) is 6.37. The van der Waals surface area contributed by atoms with Crippen molar-refractivity contribution >= 4 is 29.3 Å². The molecule has 0 spiro atoms. The number of benzene rings is 1. The molecule has 1 aromatic heterocycles. The molecule has 0 saturated heterocycles. The zero-order chi connectivity index (χ0) is 26.9. The molecular formula is C27H38ClN5O4. The largest absolute Gasteiger partial charge is 0.491 e. The highest BCUT2D eigenvalue weighted by atomic mass is 35.5. The van der Waals surface area contributed by atoms with E-state index in [-0.39, 0.29) is 55.2 Å². The number of imidazole rings is 1. The van der Waals surface area contributed by atoms with E-state index >= 15 is 0 Å². The molecule has 0 aliphatic carbocycles. The first kappa shape index (κ1) is 28.5. The highest BCUT2D eigenvalue weighted by Gasteiger charge is 2.23. The molecule has 3 amide bonds. The molecule has 1 aliphatic heterocycles. The highest BCUT2D eigenvalue weighted by molar-refractivity contribution is 6.31. The average Bonchev–Trinajstić information content (AvgIpc) is 3.33. The third-order valence-electron chi connectivity index (χ3n) is 6.41. The van der Waals surface area contributed by atoms with Gasteiger partial charge in [-0.05, 0) is 37.0 Å². The Balaban J connectivity index is 1.73. The Morgan fingerprint density at radius 3 is 2.73 bits per heavy atom. The van der Waals surface area contributed by atoms with Crippen molar-refractivity contribution < 1.29 is 19.1 Å². The van der Waals surface area contributed by atoms with Crippen molar-refractivity contribution in [3.8, 4) is 5.75 Å². The summed E-state index contributed by atoms with van der Waals surface area (Å²) >= 11 is 6.13. The van der Waals surface area contributed by atoms with E-state index in [0.717, 1.165) is 5.82 Å². The standard InChI is InChI=1S/C27H38ClN5O4/c1-18(2)22-17-37-23-8-7-20(28)15-21(23)27(36)30-10-5-6-12-33(16-24(34)31-22)25(35)9-13-32-14-11-29-26(32)19(3)4/h7-8,11,14-15,18-19,22H,5-6,9-10,12-13,16-17H2,1-4H3,(H,30,36)(H,31,34)/t22-/m1/s1. The Bertz CT molecular complexity index is 1080. The van der Waals surface area contributed by atoms with Crippen LogP contribution in [0.5, 0.6) is 5.75 Å². The third kappa shape index (κ3) is 8.21. The summed E-state index contributed by atoms with van der Waals surface area (Å²) in [4.78, 5) is 45.0. The summed E-state index contributed by atoms with van der Waals surface area (Å²) in [6, 6.07) is 4.61. The summed E-state index contributed by atoms with van der Waals surface area (Å²) in [6.45, 7) is 9.61. The van der Waals surface area contributed by atoms with Crippen LogP contribution in [0.1, 0.15) is 69.1 Å². The molecule has 1 aromatic carbocycles. The zero-order valence-corrected chi connectivity index (χ0v) is 22.9. The van der Waals surface area contributed by atoms with Crippen LogP contribution < -0.4 is 15.4 Å². The second kappa shape index (κ2) is 13.5. The van der Waals surface area contributed by atoms with Crippen LogP contribution in [0.25, 0.3) is 0 Å². The minimum atomic E-state index is -0.305. The topological polar surface area (TPSA) is 106 Å². The second-order valence-electron chi connectivity index (χ2n) is 10.0. The van der Waals surface area contributed by atoms with Crippen molar-refractivity contribution in [2.45, 2.75) is 65.5 Å². The van der Waals surface area contributed by atoms with Crippen molar-refractivity contribution in [3.05, 3.63) is 47.0 Å². The van der Waals surface area contributed by atoms with E-state index < -0.39 is 0 Å². The number of hydrogen-bond donors (Lipinski definition) is 2. The minimum Gasteiger partial charge on any atom is -0.491 e. The number of hydrogen-bond acceptors (Lipinski definition) is 5. The number of nitrogens with zero attached hydrogens (tertiary/aromatic N) is 3. The van der Waals surface area contributed by atoms with Crippen LogP contribution in [0.2, 0.25) is 5.02 Å². The van der Waals surface area contributed by atoms with E-state index in [1.807, 2.05) is 24.6 Å². The molecule has 2 heterocycles. The molecule has 0 unspecified atom stereocenters. The summed E-state index contributed by atoms with van der Waals surface area (Å²) in [6.07, 6.45) is 5.19. The fraction of sp³-hybridized carbons (Fsp3) is 0.556. The first-order valence-corrected chi connectivity index (χ1v) is 13.3. The number of ether oxygens (including phenoxy) is 1. The Labute approximate surface area is 223 Å². The van der Waals surface area contributed by atoms with Gasteiger partial charge in [0.05, 0.1) is 18.2 Å². The van der Waals surface area contributed by atoms with Gasteiger partial charge in [0.15, 0.2) is 0 Å². The van der Waals surface area contributed by atoms with E-state index in [2.05, 4.69) is 29.5 Å². The van der Waals surface area contributed by atoms with Crippen LogP contribution in [0.4, 0.5) is 0 Å². The summed E-state index contributed by atoms with van der Waals surface area (Å²) in [5.74, 6) is 1.07. The smallest absolute Gasteiger partial charge is 0.255 e. The van der Waals surface area contributed by atoms with Crippen LogP contribution in [-0.2, 0) is 16.1 Å². The Hall–Kier alpha value is -3.07. The molecule has 0 saturated carbocycles. The van der Waals surface area contributed by atoms with Crippen LogP contribution in [0.3, 0.4) is 0 Å². The first-order valence-electron chi connectivity index (χ1n) is 12.9. The number of carbonyl (C=O) groups excluding carboxylic acids is 3. The van der Waals surface area contributed by atoms with Crippen LogP contribution in [0, 0.1) is 5.92 Å². The number of carbonyl (C=O) groups is 3. The lowest BCUT2D eigenvalue weighted by molar-refractivity contribution is -0.136. The lowest BCUT2D eigenvalue weighted by Crippen LogP contribution is -2.48. The van der Waals surface area contributed by atoms with Gasteiger partial charge < -0.3 is 24.8 Å². The molecule has 1 atom stereocenters. The molecule has 202 valence electrons. The maximum Gasteiger partial charge on any atom is 0.255 e. The molecule has 0 radical (unpaired) electrons. The molecule has 10 heteroatoms. The van der Waals surface area contributed by atoms with E-state index in [0.29, 0.717) is 48.8 Å². The van der Waals surface area contributed by atoms with Gasteiger partial charge in [0.25, 0.3) is 5.91 Å². The van der Waals surface area contributed by atoms with Gasteiger partial charge >= 0.3 is 0 Å². The number of amides is 3. The monoisotopic (exact) mass is 531 g/mol. The molecule has 0 bridgehead atoms. The van der Waals surface area contributed by atoms with Gasteiger partial charge in [-0.15, -0.1) is 0 Å². The van der Waals surface area contributed by atoms with Crippen molar-refractivity contribution in [1.29, 1.82) is 0 Å². The summed E-state index contributed by atoms with van der Waals surface area (Å²) in [5.41, 5.74) is 0.355. The van der Waals surface area contributed by atoms with Crippen molar-refractivity contribution in [2.24, 2.45) is 5.92 Å². The molecule has 2 N–H and O–H groups in total. The van der Waals surface area contributed by atoms with Crippen molar-refractivity contribution in [2.75, 3.05) is 26.2 Å². The summed E-state index contributed by atoms with van der Waals surface area (Å²) < 4.78 is 7.96. The molecule has 3 rings (SSSR count). The lowest BCUT2D eigenvalue weighted by Gasteiger charge is -2.26. The van der Waals surface area contributed by atoms with E-state index in [9.17, 15) is 14.4 Å². The Morgan fingerprint density at radius 1 is 1.22 bits per heavy atom. The fourth-order valence-corrected chi connectivity index (χ4v) is 4.39. The number of aryl methyl sites for hydroxylation is 1. The Kier molecular flexibility index (Phi) is 10.4. The molecule has 37 heavy (non-hydrogen) atoms. The average molecular weight is 532 g/mol. The fourth-order valence-electron chi connectivity index (χ4n) is 4.21. The molecule has 0 fully saturated rings. The van der Waals surface area contributed by atoms with Gasteiger partial charge in [0.1, 0.15) is 18.2 Å². The first-order chi connectivity index (χ1) is 17.7. The number of halogens is 1. The normalized spacial score (nSPS) is 17.9. The molecule has 9 nitrogen and oxygen atoms in total. The number of aromatic nitrogens is 2. The van der Waals surface area contributed by atoms with Crippen LogP contribution >= 0.6 is 11.6 Å². The van der Waals surface area contributed by atoms with Gasteiger partial charge in [-0.1, -0.05) is 39.3 Å². The van der Waals surface area contributed by atoms with Crippen LogP contribution in [-0.4, -0.2) is 64.5 Å². The predicted molar refractivity (Wildman–Crippen MR) is 143 cm³/mol. The van der Waals surface area contributed by atoms with Gasteiger partial charge in [0.2, 0.25) is 11.8 Å². The molecule has 1 aliphatic rings. The zero-order valence-electron chi connectivity index (χ0n) is 22.1. The minimum absolute atomic E-state index is 0.0262. The maximum atomic E-state index is 13.2. The number of fused-ring (bicyclic) bond motifs is 1. The highest BCUT2D eigenvalue weighted by Crippen LogP contribution is 2.24.